The summed E-state index contributed by atoms with van der Waals surface area (Å²) in [4.78, 5) is 0.0821. The van der Waals surface area contributed by atoms with Crippen LogP contribution in [0.5, 0.6) is 0 Å². The second-order valence-corrected chi connectivity index (χ2v) is 8.27. The van der Waals surface area contributed by atoms with E-state index in [2.05, 4.69) is 0 Å². The van der Waals surface area contributed by atoms with Crippen LogP contribution in [0.4, 0.5) is 4.39 Å². The van der Waals surface area contributed by atoms with E-state index in [0.29, 0.717) is 13.0 Å². The van der Waals surface area contributed by atoms with Crippen molar-refractivity contribution < 1.29 is 12.8 Å². The van der Waals surface area contributed by atoms with Gasteiger partial charge in [0.05, 0.1) is 4.90 Å². The maximum atomic E-state index is 13.0. The van der Waals surface area contributed by atoms with Gasteiger partial charge in [0.25, 0.3) is 0 Å². The van der Waals surface area contributed by atoms with E-state index in [4.69, 9.17) is 23.2 Å². The molecule has 0 amide bonds. The Hall–Kier alpha value is -1.40. The molecule has 1 aliphatic rings. The van der Waals surface area contributed by atoms with Crippen LogP contribution in [0.1, 0.15) is 12.0 Å². The fourth-order valence-corrected chi connectivity index (χ4v) is 4.73. The van der Waals surface area contributed by atoms with Gasteiger partial charge in [-0.1, -0.05) is 41.4 Å². The van der Waals surface area contributed by atoms with Crippen LogP contribution in [0, 0.1) is 5.82 Å². The Morgan fingerprint density at radius 3 is 2.17 bits per heavy atom. The Morgan fingerprint density at radius 2 is 1.62 bits per heavy atom. The quantitative estimate of drug-likeness (QED) is 0.773. The van der Waals surface area contributed by atoms with Crippen molar-refractivity contribution in [2.45, 2.75) is 11.3 Å². The molecule has 0 aliphatic carbocycles. The Balaban J connectivity index is 1.83. The van der Waals surface area contributed by atoms with Crippen LogP contribution in [-0.2, 0) is 10.0 Å². The van der Waals surface area contributed by atoms with Crippen LogP contribution in [-0.4, -0.2) is 25.8 Å². The van der Waals surface area contributed by atoms with Crippen LogP contribution in [0.15, 0.2) is 53.4 Å². The van der Waals surface area contributed by atoms with Crippen molar-refractivity contribution in [3.8, 4) is 0 Å². The summed E-state index contributed by atoms with van der Waals surface area (Å²) in [6, 6.07) is 10.5. The third-order valence-corrected chi connectivity index (χ3v) is 6.14. The largest absolute Gasteiger partial charge is 0.243 e. The molecule has 0 saturated heterocycles. The van der Waals surface area contributed by atoms with Crippen molar-refractivity contribution in [3.63, 3.8) is 0 Å². The minimum atomic E-state index is -3.66. The summed E-state index contributed by atoms with van der Waals surface area (Å²) in [5, 5.41) is 0.557. The Kier molecular flexibility index (Phi) is 4.97. The number of hydrogen-bond donors (Lipinski definition) is 0. The maximum Gasteiger partial charge on any atom is 0.243 e. The summed E-state index contributed by atoms with van der Waals surface area (Å²) >= 11 is 11.8. The molecule has 0 spiro atoms. The van der Waals surface area contributed by atoms with E-state index >= 15 is 0 Å². The topological polar surface area (TPSA) is 37.4 Å². The van der Waals surface area contributed by atoms with Crippen molar-refractivity contribution >= 4 is 38.8 Å². The van der Waals surface area contributed by atoms with Gasteiger partial charge >= 0.3 is 0 Å². The number of hydrogen-bond acceptors (Lipinski definition) is 2. The SMILES string of the molecule is O=S(=O)(c1cc(Cl)cc(Cl)c1)N1CC=C(c2ccc(F)cc2)CC1. The predicted molar refractivity (Wildman–Crippen MR) is 94.2 cm³/mol. The molecule has 3 nitrogen and oxygen atoms in total. The van der Waals surface area contributed by atoms with Gasteiger partial charge in [-0.2, -0.15) is 4.31 Å². The molecular weight excluding hydrogens is 372 g/mol. The third-order valence-electron chi connectivity index (χ3n) is 3.86. The zero-order valence-corrected chi connectivity index (χ0v) is 14.9. The maximum absolute atomic E-state index is 13.0. The van der Waals surface area contributed by atoms with Gasteiger partial charge in [-0.15, -0.1) is 0 Å². The number of rotatable bonds is 3. The molecule has 0 fully saturated rings. The van der Waals surface area contributed by atoms with Gasteiger partial charge in [-0.25, -0.2) is 12.8 Å². The van der Waals surface area contributed by atoms with Crippen molar-refractivity contribution in [2.75, 3.05) is 13.1 Å². The molecule has 3 rings (SSSR count). The van der Waals surface area contributed by atoms with E-state index in [-0.39, 0.29) is 27.3 Å². The van der Waals surface area contributed by atoms with Crippen molar-refractivity contribution in [1.29, 1.82) is 0 Å². The fraction of sp³-hybridized carbons (Fsp3) is 0.176. The second-order valence-electron chi connectivity index (χ2n) is 5.45. The Morgan fingerprint density at radius 1 is 1.00 bits per heavy atom. The summed E-state index contributed by atoms with van der Waals surface area (Å²) < 4.78 is 39.8. The van der Waals surface area contributed by atoms with E-state index in [9.17, 15) is 12.8 Å². The van der Waals surface area contributed by atoms with Crippen molar-refractivity contribution in [2.24, 2.45) is 0 Å². The molecular formula is C17H14Cl2FNO2S. The summed E-state index contributed by atoms with van der Waals surface area (Å²) in [5.74, 6) is -0.294. The molecule has 0 N–H and O–H groups in total. The van der Waals surface area contributed by atoms with Crippen LogP contribution in [0.2, 0.25) is 10.0 Å². The second kappa shape index (κ2) is 6.84. The highest BCUT2D eigenvalue weighted by molar-refractivity contribution is 7.89. The fourth-order valence-electron chi connectivity index (χ4n) is 2.62. The first-order chi connectivity index (χ1) is 11.4. The van der Waals surface area contributed by atoms with Gasteiger partial charge in [0.15, 0.2) is 0 Å². The minimum Gasteiger partial charge on any atom is -0.207 e. The highest BCUT2D eigenvalue weighted by atomic mass is 35.5. The molecule has 0 atom stereocenters. The number of sulfonamides is 1. The zero-order chi connectivity index (χ0) is 17.3. The molecule has 2 aromatic rings. The molecule has 0 radical (unpaired) electrons. The monoisotopic (exact) mass is 385 g/mol. The molecule has 0 unspecified atom stereocenters. The number of nitrogens with zero attached hydrogens (tertiary/aromatic N) is 1. The van der Waals surface area contributed by atoms with Crippen LogP contribution in [0.3, 0.4) is 0 Å². The normalized spacial score (nSPS) is 16.0. The van der Waals surface area contributed by atoms with Crippen LogP contribution >= 0.6 is 23.2 Å². The van der Waals surface area contributed by atoms with E-state index < -0.39 is 10.0 Å². The lowest BCUT2D eigenvalue weighted by Gasteiger charge is -2.26. The minimum absolute atomic E-state index is 0.0821. The molecule has 7 heteroatoms. The highest BCUT2D eigenvalue weighted by Gasteiger charge is 2.27. The molecule has 2 aromatic carbocycles. The molecule has 1 heterocycles. The van der Waals surface area contributed by atoms with E-state index in [1.165, 1.54) is 34.6 Å². The summed E-state index contributed by atoms with van der Waals surface area (Å²) in [6.07, 6.45) is 2.40. The lowest BCUT2D eigenvalue weighted by Crippen LogP contribution is -2.34. The number of halogens is 3. The van der Waals surface area contributed by atoms with Crippen molar-refractivity contribution in [1.82, 2.24) is 4.31 Å². The highest BCUT2D eigenvalue weighted by Crippen LogP contribution is 2.28. The van der Waals surface area contributed by atoms with Gasteiger partial charge in [0.2, 0.25) is 10.0 Å². The summed E-state index contributed by atoms with van der Waals surface area (Å²) in [5.41, 5.74) is 1.91. The molecule has 0 saturated carbocycles. The summed E-state index contributed by atoms with van der Waals surface area (Å²) in [7, 11) is -3.66. The Bertz CT molecular complexity index is 875. The van der Waals surface area contributed by atoms with Gasteiger partial charge in [0.1, 0.15) is 5.82 Å². The molecule has 126 valence electrons. The average molecular weight is 386 g/mol. The first kappa shape index (κ1) is 17.4. The molecule has 24 heavy (non-hydrogen) atoms. The first-order valence-electron chi connectivity index (χ1n) is 7.27. The standard InChI is InChI=1S/C17H14Cl2FNO2S/c18-14-9-15(19)11-17(10-14)24(22,23)21-7-5-13(6-8-21)12-1-3-16(20)4-2-12/h1-5,9-11H,6-8H2. The van der Waals surface area contributed by atoms with Gasteiger partial charge < -0.3 is 0 Å². The Labute approximate surface area is 150 Å². The lowest BCUT2D eigenvalue weighted by molar-refractivity contribution is 0.441. The predicted octanol–water partition coefficient (Wildman–Crippen LogP) is 4.61. The smallest absolute Gasteiger partial charge is 0.207 e. The molecule has 1 aliphatic heterocycles. The lowest BCUT2D eigenvalue weighted by atomic mass is 10.0. The molecule has 0 bridgehead atoms. The van der Waals surface area contributed by atoms with Crippen molar-refractivity contribution in [3.05, 3.63) is 70.0 Å². The van der Waals surface area contributed by atoms with Gasteiger partial charge in [0, 0.05) is 23.1 Å². The van der Waals surface area contributed by atoms with Crippen LogP contribution in [0.25, 0.3) is 5.57 Å². The van der Waals surface area contributed by atoms with Gasteiger partial charge in [-0.3, -0.25) is 0 Å². The van der Waals surface area contributed by atoms with Gasteiger partial charge in [-0.05, 0) is 47.9 Å². The van der Waals surface area contributed by atoms with E-state index in [1.54, 1.807) is 12.1 Å². The zero-order valence-electron chi connectivity index (χ0n) is 12.5. The van der Waals surface area contributed by atoms with E-state index in [1.807, 2.05) is 6.08 Å². The first-order valence-corrected chi connectivity index (χ1v) is 9.47. The van der Waals surface area contributed by atoms with E-state index in [0.717, 1.165) is 11.1 Å². The average Bonchev–Trinajstić information content (AvgIpc) is 2.55. The van der Waals surface area contributed by atoms with Crippen LogP contribution < -0.4 is 0 Å². The summed E-state index contributed by atoms with van der Waals surface area (Å²) in [6.45, 7) is 0.592. The number of benzene rings is 2. The molecule has 0 aromatic heterocycles. The third kappa shape index (κ3) is 3.64.